The summed E-state index contributed by atoms with van der Waals surface area (Å²) >= 11 is 5.78. The zero-order valence-electron chi connectivity index (χ0n) is 9.99. The van der Waals surface area contributed by atoms with Crippen molar-refractivity contribution in [1.29, 1.82) is 0 Å². The molecule has 0 saturated carbocycles. The van der Waals surface area contributed by atoms with Gasteiger partial charge in [-0.1, -0.05) is 6.07 Å². The summed E-state index contributed by atoms with van der Waals surface area (Å²) in [5.41, 5.74) is 1.60. The van der Waals surface area contributed by atoms with Crippen LogP contribution in [0.1, 0.15) is 5.56 Å². The van der Waals surface area contributed by atoms with Gasteiger partial charge in [-0.2, -0.15) is 9.97 Å². The van der Waals surface area contributed by atoms with Crippen molar-refractivity contribution in [2.45, 2.75) is 6.54 Å². The Bertz CT molecular complexity index is 774. The number of hydrogen-bond donors (Lipinski definition) is 2. The van der Waals surface area contributed by atoms with Crippen LogP contribution in [0, 0.1) is 11.6 Å². The van der Waals surface area contributed by atoms with Crippen LogP contribution >= 0.6 is 11.6 Å². The van der Waals surface area contributed by atoms with Gasteiger partial charge in [-0.05, 0) is 29.3 Å². The number of halogens is 3. The number of imidazole rings is 1. The van der Waals surface area contributed by atoms with Crippen molar-refractivity contribution in [2.75, 3.05) is 5.32 Å². The molecule has 0 spiro atoms. The van der Waals surface area contributed by atoms with Gasteiger partial charge in [-0.25, -0.2) is 13.8 Å². The monoisotopic (exact) mass is 295 g/mol. The van der Waals surface area contributed by atoms with Gasteiger partial charge >= 0.3 is 0 Å². The lowest BCUT2D eigenvalue weighted by Crippen LogP contribution is -2.04. The first-order valence-corrected chi connectivity index (χ1v) is 6.05. The molecule has 0 bridgehead atoms. The van der Waals surface area contributed by atoms with Gasteiger partial charge in [0.2, 0.25) is 5.28 Å². The number of aromatic amines is 1. The lowest BCUT2D eigenvalue weighted by atomic mass is 10.2. The maximum Gasteiger partial charge on any atom is 0.226 e. The third-order valence-electron chi connectivity index (χ3n) is 2.70. The molecular formula is C12H8ClF2N5. The fourth-order valence-corrected chi connectivity index (χ4v) is 1.93. The lowest BCUT2D eigenvalue weighted by Gasteiger charge is -2.07. The second kappa shape index (κ2) is 5.01. The molecule has 0 unspecified atom stereocenters. The third kappa shape index (κ3) is 2.39. The van der Waals surface area contributed by atoms with Crippen LogP contribution in [0.4, 0.5) is 14.6 Å². The summed E-state index contributed by atoms with van der Waals surface area (Å²) in [4.78, 5) is 14.8. The van der Waals surface area contributed by atoms with E-state index in [-0.39, 0.29) is 11.8 Å². The fraction of sp³-hybridized carbons (Fsp3) is 0.0833. The van der Waals surface area contributed by atoms with E-state index in [4.69, 9.17) is 11.6 Å². The Morgan fingerprint density at radius 1 is 1.20 bits per heavy atom. The zero-order valence-corrected chi connectivity index (χ0v) is 10.7. The Hall–Kier alpha value is -2.28. The van der Waals surface area contributed by atoms with Gasteiger partial charge in [0.05, 0.1) is 6.33 Å². The molecule has 3 aromatic rings. The zero-order chi connectivity index (χ0) is 14.1. The van der Waals surface area contributed by atoms with Crippen LogP contribution in [-0.2, 0) is 6.54 Å². The van der Waals surface area contributed by atoms with E-state index in [1.165, 1.54) is 12.4 Å². The summed E-state index contributed by atoms with van der Waals surface area (Å²) in [6.45, 7) is 0.263. The van der Waals surface area contributed by atoms with Crippen molar-refractivity contribution >= 4 is 28.6 Å². The molecule has 0 amide bonds. The van der Waals surface area contributed by atoms with Crippen molar-refractivity contribution in [3.63, 3.8) is 0 Å². The van der Waals surface area contributed by atoms with E-state index in [0.717, 1.165) is 12.1 Å². The molecule has 20 heavy (non-hydrogen) atoms. The van der Waals surface area contributed by atoms with E-state index >= 15 is 0 Å². The quantitative estimate of drug-likeness (QED) is 0.729. The highest BCUT2D eigenvalue weighted by molar-refractivity contribution is 6.28. The molecule has 102 valence electrons. The minimum Gasteiger partial charge on any atom is -0.364 e. The second-order valence-corrected chi connectivity index (χ2v) is 4.38. The number of hydrogen-bond acceptors (Lipinski definition) is 4. The Morgan fingerprint density at radius 2 is 2.05 bits per heavy atom. The van der Waals surface area contributed by atoms with Crippen LogP contribution in [-0.4, -0.2) is 19.9 Å². The van der Waals surface area contributed by atoms with Crippen LogP contribution in [0.3, 0.4) is 0 Å². The summed E-state index contributed by atoms with van der Waals surface area (Å²) in [6.07, 6.45) is 1.47. The number of aromatic nitrogens is 4. The Morgan fingerprint density at radius 3 is 2.85 bits per heavy atom. The molecule has 0 aliphatic carbocycles. The Balaban J connectivity index is 1.86. The van der Waals surface area contributed by atoms with Crippen molar-refractivity contribution in [3.8, 4) is 0 Å². The highest BCUT2D eigenvalue weighted by Crippen LogP contribution is 2.19. The molecule has 2 N–H and O–H groups in total. The van der Waals surface area contributed by atoms with Crippen LogP contribution in [0.15, 0.2) is 24.5 Å². The standard InChI is InChI=1S/C12H8ClF2N5/c13-12-19-10(9-11(20-12)18-5-17-9)16-4-6-1-2-7(14)8(15)3-6/h1-3,5H,4H2,(H2,16,17,18,19,20). The minimum absolute atomic E-state index is 0.0531. The van der Waals surface area contributed by atoms with Crippen molar-refractivity contribution in [1.82, 2.24) is 19.9 Å². The van der Waals surface area contributed by atoms with Crippen LogP contribution in [0.5, 0.6) is 0 Å². The maximum absolute atomic E-state index is 13.1. The van der Waals surface area contributed by atoms with Crippen LogP contribution in [0.25, 0.3) is 11.2 Å². The largest absolute Gasteiger partial charge is 0.364 e. The smallest absolute Gasteiger partial charge is 0.226 e. The highest BCUT2D eigenvalue weighted by Gasteiger charge is 2.09. The number of anilines is 1. The van der Waals surface area contributed by atoms with Gasteiger partial charge in [0, 0.05) is 6.54 Å². The molecule has 0 radical (unpaired) electrons. The summed E-state index contributed by atoms with van der Waals surface area (Å²) in [5.74, 6) is -1.33. The normalized spacial score (nSPS) is 10.9. The Labute approximate surface area is 117 Å². The number of nitrogens with zero attached hydrogens (tertiary/aromatic N) is 3. The van der Waals surface area contributed by atoms with Gasteiger partial charge in [0.1, 0.15) is 5.52 Å². The summed E-state index contributed by atoms with van der Waals surface area (Å²) < 4.78 is 25.9. The lowest BCUT2D eigenvalue weighted by molar-refractivity contribution is 0.507. The fourth-order valence-electron chi connectivity index (χ4n) is 1.77. The minimum atomic E-state index is -0.892. The van der Waals surface area contributed by atoms with Gasteiger partial charge in [-0.15, -0.1) is 0 Å². The first-order chi connectivity index (χ1) is 9.63. The predicted molar refractivity (Wildman–Crippen MR) is 70.4 cm³/mol. The van der Waals surface area contributed by atoms with Gasteiger partial charge < -0.3 is 10.3 Å². The number of rotatable bonds is 3. The number of H-pyrrole nitrogens is 1. The first-order valence-electron chi connectivity index (χ1n) is 5.68. The SMILES string of the molecule is Fc1ccc(CNc2nc(Cl)nc3nc[nH]c23)cc1F. The topological polar surface area (TPSA) is 66.5 Å². The van der Waals surface area contributed by atoms with E-state index in [9.17, 15) is 8.78 Å². The van der Waals surface area contributed by atoms with E-state index < -0.39 is 11.6 Å². The second-order valence-electron chi connectivity index (χ2n) is 4.04. The van der Waals surface area contributed by atoms with Crippen molar-refractivity contribution < 1.29 is 8.78 Å². The molecule has 0 aliphatic heterocycles. The molecule has 5 nitrogen and oxygen atoms in total. The molecule has 8 heteroatoms. The summed E-state index contributed by atoms with van der Waals surface area (Å²) in [7, 11) is 0. The Kier molecular flexibility index (Phi) is 3.19. The maximum atomic E-state index is 13.1. The van der Waals surface area contributed by atoms with Crippen molar-refractivity contribution in [3.05, 3.63) is 47.0 Å². The average molecular weight is 296 g/mol. The number of nitrogens with one attached hydrogen (secondary N) is 2. The molecule has 2 heterocycles. The molecule has 0 fully saturated rings. The van der Waals surface area contributed by atoms with E-state index in [2.05, 4.69) is 25.3 Å². The van der Waals surface area contributed by atoms with Crippen LogP contribution < -0.4 is 5.32 Å². The predicted octanol–water partition coefficient (Wildman–Crippen LogP) is 2.90. The van der Waals surface area contributed by atoms with Crippen LogP contribution in [0.2, 0.25) is 5.28 Å². The molecule has 0 saturated heterocycles. The molecule has 0 atom stereocenters. The number of fused-ring (bicyclic) bond motifs is 1. The van der Waals surface area contributed by atoms with Gasteiger partial charge in [0.15, 0.2) is 23.1 Å². The summed E-state index contributed by atoms with van der Waals surface area (Å²) in [5, 5.41) is 3.03. The van der Waals surface area contributed by atoms with E-state index in [0.29, 0.717) is 22.5 Å². The van der Waals surface area contributed by atoms with Gasteiger partial charge in [0.25, 0.3) is 0 Å². The highest BCUT2D eigenvalue weighted by atomic mass is 35.5. The summed E-state index contributed by atoms with van der Waals surface area (Å²) in [6, 6.07) is 3.68. The van der Waals surface area contributed by atoms with Gasteiger partial charge in [-0.3, -0.25) is 0 Å². The van der Waals surface area contributed by atoms with E-state index in [1.54, 1.807) is 0 Å². The molecule has 3 rings (SSSR count). The molecule has 1 aromatic carbocycles. The molecular weight excluding hydrogens is 288 g/mol. The molecule has 2 aromatic heterocycles. The average Bonchev–Trinajstić information content (AvgIpc) is 2.88. The number of benzene rings is 1. The third-order valence-corrected chi connectivity index (χ3v) is 2.87. The van der Waals surface area contributed by atoms with E-state index in [1.807, 2.05) is 0 Å². The first kappa shape index (κ1) is 12.7. The van der Waals surface area contributed by atoms with Crippen molar-refractivity contribution in [2.24, 2.45) is 0 Å². The molecule has 0 aliphatic rings.